The summed E-state index contributed by atoms with van der Waals surface area (Å²) in [5, 5.41) is 5.56. The smallest absolute Gasteiger partial charge is 0.255 e. The summed E-state index contributed by atoms with van der Waals surface area (Å²) in [4.78, 5) is 24.2. The van der Waals surface area contributed by atoms with Gasteiger partial charge in [0.25, 0.3) is 5.91 Å². The monoisotopic (exact) mass is 373 g/mol. The van der Waals surface area contributed by atoms with Gasteiger partial charge in [0.05, 0.1) is 6.26 Å². The molecule has 3 N–H and O–H groups in total. The number of carbonyl (C=O) groups is 2. The van der Waals surface area contributed by atoms with E-state index in [0.717, 1.165) is 19.1 Å². The van der Waals surface area contributed by atoms with Crippen molar-refractivity contribution < 1.29 is 18.0 Å². The van der Waals surface area contributed by atoms with E-state index in [0.29, 0.717) is 22.6 Å². The number of anilines is 3. The highest BCUT2D eigenvalue weighted by Crippen LogP contribution is 2.30. The first-order valence-corrected chi connectivity index (χ1v) is 9.99. The molecule has 2 aromatic carbocycles. The van der Waals surface area contributed by atoms with Gasteiger partial charge in [-0.1, -0.05) is 12.1 Å². The minimum absolute atomic E-state index is 0.00646. The van der Waals surface area contributed by atoms with Crippen LogP contribution in [0, 0.1) is 5.92 Å². The third-order valence-electron chi connectivity index (χ3n) is 3.76. The van der Waals surface area contributed by atoms with Crippen LogP contribution in [0.5, 0.6) is 0 Å². The highest BCUT2D eigenvalue weighted by molar-refractivity contribution is 7.92. The molecule has 1 aliphatic rings. The lowest BCUT2D eigenvalue weighted by Gasteiger charge is -2.10. The van der Waals surface area contributed by atoms with Crippen molar-refractivity contribution in [1.29, 1.82) is 0 Å². The van der Waals surface area contributed by atoms with E-state index in [1.807, 2.05) is 0 Å². The van der Waals surface area contributed by atoms with Gasteiger partial charge < -0.3 is 10.6 Å². The van der Waals surface area contributed by atoms with Crippen molar-refractivity contribution in [2.75, 3.05) is 21.6 Å². The van der Waals surface area contributed by atoms with Gasteiger partial charge in [-0.2, -0.15) is 0 Å². The molecule has 2 amide bonds. The zero-order chi connectivity index (χ0) is 18.7. The van der Waals surface area contributed by atoms with Gasteiger partial charge in [0.1, 0.15) is 0 Å². The molecular weight excluding hydrogens is 354 g/mol. The van der Waals surface area contributed by atoms with E-state index in [1.165, 1.54) is 6.07 Å². The number of amides is 2. The molecule has 1 aliphatic carbocycles. The van der Waals surface area contributed by atoms with Crippen molar-refractivity contribution in [3.63, 3.8) is 0 Å². The Morgan fingerprint density at radius 3 is 2.19 bits per heavy atom. The van der Waals surface area contributed by atoms with Gasteiger partial charge >= 0.3 is 0 Å². The SMILES string of the molecule is CS(=O)(=O)Nc1cccc(C(=O)Nc2cccc(NC(=O)C3CC3)c2)c1. The quantitative estimate of drug-likeness (QED) is 0.724. The first-order valence-electron chi connectivity index (χ1n) is 8.10. The molecule has 0 unspecified atom stereocenters. The summed E-state index contributed by atoms with van der Waals surface area (Å²) in [5.74, 6) is -0.292. The highest BCUT2D eigenvalue weighted by Gasteiger charge is 2.29. The van der Waals surface area contributed by atoms with E-state index in [9.17, 15) is 18.0 Å². The number of carbonyl (C=O) groups excluding carboxylic acids is 2. The maximum atomic E-state index is 12.4. The number of rotatable bonds is 6. The van der Waals surface area contributed by atoms with Gasteiger partial charge in [0, 0.05) is 28.5 Å². The molecule has 0 radical (unpaired) electrons. The number of hydrogen-bond donors (Lipinski definition) is 3. The normalized spacial score (nSPS) is 13.7. The zero-order valence-corrected chi connectivity index (χ0v) is 15.0. The first-order chi connectivity index (χ1) is 12.3. The van der Waals surface area contributed by atoms with Gasteiger partial charge in [-0.05, 0) is 49.2 Å². The topological polar surface area (TPSA) is 104 Å². The second kappa shape index (κ2) is 7.17. The maximum absolute atomic E-state index is 12.4. The Morgan fingerprint density at radius 2 is 1.54 bits per heavy atom. The summed E-state index contributed by atoms with van der Waals surface area (Å²) < 4.78 is 24.9. The molecule has 1 saturated carbocycles. The summed E-state index contributed by atoms with van der Waals surface area (Å²) in [5.41, 5.74) is 1.77. The molecule has 26 heavy (non-hydrogen) atoms. The molecule has 0 bridgehead atoms. The van der Waals surface area contributed by atoms with E-state index in [2.05, 4.69) is 15.4 Å². The van der Waals surface area contributed by atoms with Gasteiger partial charge in [0.15, 0.2) is 0 Å². The van der Waals surface area contributed by atoms with Crippen molar-refractivity contribution in [2.24, 2.45) is 5.92 Å². The summed E-state index contributed by atoms with van der Waals surface area (Å²) in [6, 6.07) is 13.1. The Kier molecular flexibility index (Phi) is 4.94. The second-order valence-electron chi connectivity index (χ2n) is 6.25. The number of nitrogens with one attached hydrogen (secondary N) is 3. The standard InChI is InChI=1S/C18H19N3O4S/c1-26(24,25)21-16-7-2-4-13(10-16)18(23)20-15-6-3-5-14(11-15)19-17(22)12-8-9-12/h2-7,10-12,21H,8-9H2,1H3,(H,19,22)(H,20,23). The minimum atomic E-state index is -3.42. The number of sulfonamides is 1. The van der Waals surface area contributed by atoms with Gasteiger partial charge in [-0.15, -0.1) is 0 Å². The molecule has 136 valence electrons. The van der Waals surface area contributed by atoms with Crippen LogP contribution < -0.4 is 15.4 Å². The average Bonchev–Trinajstić information content (AvgIpc) is 3.38. The first kappa shape index (κ1) is 17.9. The predicted molar refractivity (Wildman–Crippen MR) is 101 cm³/mol. The van der Waals surface area contributed by atoms with Crippen LogP contribution in [0.4, 0.5) is 17.1 Å². The van der Waals surface area contributed by atoms with Crippen LogP contribution >= 0.6 is 0 Å². The van der Waals surface area contributed by atoms with Crippen LogP contribution in [0.1, 0.15) is 23.2 Å². The largest absolute Gasteiger partial charge is 0.326 e. The fourth-order valence-electron chi connectivity index (χ4n) is 2.41. The molecule has 8 heteroatoms. The molecule has 0 aliphatic heterocycles. The maximum Gasteiger partial charge on any atom is 0.255 e. The Hall–Kier alpha value is -2.87. The summed E-state index contributed by atoms with van der Waals surface area (Å²) >= 11 is 0. The van der Waals surface area contributed by atoms with Crippen molar-refractivity contribution in [3.05, 3.63) is 54.1 Å². The molecule has 0 spiro atoms. The van der Waals surface area contributed by atoms with Crippen molar-refractivity contribution in [3.8, 4) is 0 Å². The fourth-order valence-corrected chi connectivity index (χ4v) is 2.96. The minimum Gasteiger partial charge on any atom is -0.326 e. The lowest BCUT2D eigenvalue weighted by Crippen LogP contribution is -2.15. The lowest BCUT2D eigenvalue weighted by molar-refractivity contribution is -0.117. The average molecular weight is 373 g/mol. The second-order valence-corrected chi connectivity index (χ2v) is 8.00. The van der Waals surface area contributed by atoms with Crippen molar-refractivity contribution >= 4 is 38.9 Å². The van der Waals surface area contributed by atoms with Crippen LogP contribution in [-0.4, -0.2) is 26.5 Å². The van der Waals surface area contributed by atoms with E-state index in [1.54, 1.807) is 42.5 Å². The number of benzene rings is 2. The van der Waals surface area contributed by atoms with E-state index in [-0.39, 0.29) is 17.7 Å². The highest BCUT2D eigenvalue weighted by atomic mass is 32.2. The van der Waals surface area contributed by atoms with Crippen LogP contribution in [-0.2, 0) is 14.8 Å². The van der Waals surface area contributed by atoms with Gasteiger partial charge in [-0.3, -0.25) is 14.3 Å². The molecule has 3 rings (SSSR count). The van der Waals surface area contributed by atoms with Crippen LogP contribution in [0.25, 0.3) is 0 Å². The van der Waals surface area contributed by atoms with Crippen molar-refractivity contribution in [1.82, 2.24) is 0 Å². The summed E-state index contributed by atoms with van der Waals surface area (Å²) in [6.07, 6.45) is 2.88. The van der Waals surface area contributed by atoms with Crippen molar-refractivity contribution in [2.45, 2.75) is 12.8 Å². The number of hydrogen-bond acceptors (Lipinski definition) is 4. The van der Waals surface area contributed by atoms with E-state index in [4.69, 9.17) is 0 Å². The predicted octanol–water partition coefficient (Wildman–Crippen LogP) is 2.66. The molecule has 0 aromatic heterocycles. The third kappa shape index (κ3) is 5.06. The van der Waals surface area contributed by atoms with Gasteiger partial charge in [0.2, 0.25) is 15.9 Å². The van der Waals surface area contributed by atoms with Crippen LogP contribution in [0.2, 0.25) is 0 Å². The molecule has 7 nitrogen and oxygen atoms in total. The molecular formula is C18H19N3O4S. The summed E-state index contributed by atoms with van der Waals surface area (Å²) in [7, 11) is -3.42. The molecule has 0 atom stereocenters. The molecule has 2 aromatic rings. The van der Waals surface area contributed by atoms with Gasteiger partial charge in [-0.25, -0.2) is 8.42 Å². The Labute approximate surface area is 151 Å². The molecule has 0 heterocycles. The fraction of sp³-hybridized carbons (Fsp3) is 0.222. The Bertz CT molecular complexity index is 952. The van der Waals surface area contributed by atoms with Crippen LogP contribution in [0.3, 0.4) is 0 Å². The van der Waals surface area contributed by atoms with Crippen LogP contribution in [0.15, 0.2) is 48.5 Å². The van der Waals surface area contributed by atoms with E-state index >= 15 is 0 Å². The Morgan fingerprint density at radius 1 is 0.923 bits per heavy atom. The lowest BCUT2D eigenvalue weighted by atomic mass is 10.2. The third-order valence-corrected chi connectivity index (χ3v) is 4.37. The zero-order valence-electron chi connectivity index (χ0n) is 14.2. The molecule has 1 fully saturated rings. The van der Waals surface area contributed by atoms with E-state index < -0.39 is 10.0 Å². The Balaban J connectivity index is 1.69. The molecule has 0 saturated heterocycles. The summed E-state index contributed by atoms with van der Waals surface area (Å²) in [6.45, 7) is 0.